The number of hydrogen-bond acceptors (Lipinski definition) is 6. The average Bonchev–Trinajstić information content (AvgIpc) is 2.41. The van der Waals surface area contributed by atoms with E-state index >= 15 is 0 Å². The van der Waals surface area contributed by atoms with Crippen LogP contribution in [0.5, 0.6) is 0 Å². The van der Waals surface area contributed by atoms with E-state index in [0.29, 0.717) is 13.1 Å². The second-order valence-electron chi connectivity index (χ2n) is 6.50. The van der Waals surface area contributed by atoms with Crippen LogP contribution in [-0.2, 0) is 14.6 Å². The number of aliphatic hydroxyl groups excluding tert-OH is 1. The molecule has 2 aliphatic rings. The molecule has 116 valence electrons. The van der Waals surface area contributed by atoms with Gasteiger partial charge in [0.05, 0.1) is 17.6 Å². The van der Waals surface area contributed by atoms with Crippen LogP contribution in [0.15, 0.2) is 0 Å². The molecule has 0 bridgehead atoms. The molecule has 0 radical (unpaired) electrons. The Morgan fingerprint density at radius 3 is 2.35 bits per heavy atom. The fourth-order valence-corrected chi connectivity index (χ4v) is 4.10. The Morgan fingerprint density at radius 1 is 1.30 bits per heavy atom. The van der Waals surface area contributed by atoms with Crippen molar-refractivity contribution in [3.63, 3.8) is 0 Å². The largest absolute Gasteiger partial charge is 0.444 e. The molecule has 0 aromatic heterocycles. The van der Waals surface area contributed by atoms with Gasteiger partial charge in [0.25, 0.3) is 0 Å². The molecule has 2 N–H and O–H groups in total. The lowest BCUT2D eigenvalue weighted by atomic mass is 10.1. The first-order valence-corrected chi connectivity index (χ1v) is 8.50. The molecule has 2 rings (SSSR count). The van der Waals surface area contributed by atoms with Crippen molar-refractivity contribution in [2.75, 3.05) is 24.6 Å². The predicted octanol–water partition coefficient (Wildman–Crippen LogP) is -0.647. The van der Waals surface area contributed by atoms with Crippen molar-refractivity contribution in [2.45, 2.75) is 44.6 Å². The number of ether oxygens (including phenoxy) is 1. The molecule has 0 aliphatic carbocycles. The Labute approximate surface area is 119 Å². The number of aliphatic hydroxyl groups is 1. The normalized spacial score (nSPS) is 30.1. The first-order chi connectivity index (χ1) is 9.06. The molecule has 8 heteroatoms. The number of hydrogen-bond donors (Lipinski definition) is 2. The number of nitrogens with zero attached hydrogens (tertiary/aromatic N) is 1. The maximum atomic E-state index is 11.7. The van der Waals surface area contributed by atoms with Crippen LogP contribution < -0.4 is 5.32 Å². The van der Waals surface area contributed by atoms with Crippen molar-refractivity contribution < 1.29 is 23.1 Å². The van der Waals surface area contributed by atoms with E-state index < -0.39 is 27.6 Å². The van der Waals surface area contributed by atoms with E-state index in [4.69, 9.17) is 4.74 Å². The minimum absolute atomic E-state index is 0.00969. The van der Waals surface area contributed by atoms with E-state index in [1.54, 1.807) is 25.7 Å². The lowest BCUT2D eigenvalue weighted by Gasteiger charge is -2.41. The molecule has 7 nitrogen and oxygen atoms in total. The van der Waals surface area contributed by atoms with Crippen molar-refractivity contribution in [1.82, 2.24) is 10.2 Å². The number of amides is 1. The third-order valence-electron chi connectivity index (χ3n) is 3.31. The highest BCUT2D eigenvalue weighted by Gasteiger charge is 2.41. The average molecular weight is 306 g/mol. The Balaban J connectivity index is 1.76. The quantitative estimate of drug-likeness (QED) is 0.704. The molecule has 0 aromatic carbocycles. The molecule has 2 heterocycles. The molecule has 2 saturated heterocycles. The summed E-state index contributed by atoms with van der Waals surface area (Å²) in [6, 6.07) is -0.429. The van der Waals surface area contributed by atoms with Crippen LogP contribution in [-0.4, -0.2) is 72.9 Å². The second-order valence-corrected chi connectivity index (χ2v) is 8.65. The molecule has 0 unspecified atom stereocenters. The highest BCUT2D eigenvalue weighted by molar-refractivity contribution is 7.91. The van der Waals surface area contributed by atoms with Gasteiger partial charge in [-0.1, -0.05) is 0 Å². The van der Waals surface area contributed by atoms with Crippen LogP contribution >= 0.6 is 0 Å². The molecule has 2 aliphatic heterocycles. The van der Waals surface area contributed by atoms with Gasteiger partial charge in [0.1, 0.15) is 5.60 Å². The van der Waals surface area contributed by atoms with Crippen LogP contribution in [0.2, 0.25) is 0 Å². The molecule has 1 amide bonds. The number of sulfone groups is 1. The van der Waals surface area contributed by atoms with E-state index in [9.17, 15) is 18.3 Å². The molecule has 2 atom stereocenters. The zero-order valence-electron chi connectivity index (χ0n) is 12.0. The lowest BCUT2D eigenvalue weighted by molar-refractivity contribution is 0.00275. The number of carbonyl (C=O) groups excluding carboxylic acids is 1. The van der Waals surface area contributed by atoms with Crippen LogP contribution in [0.3, 0.4) is 0 Å². The molecular formula is C12H22N2O5S. The summed E-state index contributed by atoms with van der Waals surface area (Å²) < 4.78 is 28.0. The zero-order chi connectivity index (χ0) is 15.1. The van der Waals surface area contributed by atoms with Crippen LogP contribution in [0, 0.1) is 0 Å². The van der Waals surface area contributed by atoms with Gasteiger partial charge < -0.3 is 20.1 Å². The molecular weight excluding hydrogens is 284 g/mol. The minimum atomic E-state index is -3.15. The van der Waals surface area contributed by atoms with Gasteiger partial charge in [-0.15, -0.1) is 0 Å². The van der Waals surface area contributed by atoms with Gasteiger partial charge >= 0.3 is 6.09 Å². The Morgan fingerprint density at radius 2 is 1.90 bits per heavy atom. The summed E-state index contributed by atoms with van der Waals surface area (Å²) >= 11 is 0. The van der Waals surface area contributed by atoms with Crippen molar-refractivity contribution in [3.05, 3.63) is 0 Å². The third-order valence-corrected chi connectivity index (χ3v) is 5.02. The minimum Gasteiger partial charge on any atom is -0.444 e. The Kier molecular flexibility index (Phi) is 4.01. The Hall–Kier alpha value is -0.860. The van der Waals surface area contributed by atoms with Crippen LogP contribution in [0.25, 0.3) is 0 Å². The van der Waals surface area contributed by atoms with Crippen molar-refractivity contribution >= 4 is 15.9 Å². The maximum Gasteiger partial charge on any atom is 0.410 e. The number of likely N-dealkylation sites (tertiary alicyclic amines) is 1. The van der Waals surface area contributed by atoms with E-state index in [1.165, 1.54) is 0 Å². The van der Waals surface area contributed by atoms with Gasteiger partial charge in [0.15, 0.2) is 9.84 Å². The van der Waals surface area contributed by atoms with E-state index in [-0.39, 0.29) is 23.6 Å². The summed E-state index contributed by atoms with van der Waals surface area (Å²) in [4.78, 5) is 13.3. The smallest absolute Gasteiger partial charge is 0.410 e. The van der Waals surface area contributed by atoms with Crippen LogP contribution in [0.4, 0.5) is 4.79 Å². The van der Waals surface area contributed by atoms with Gasteiger partial charge in [0.2, 0.25) is 0 Å². The monoisotopic (exact) mass is 306 g/mol. The summed E-state index contributed by atoms with van der Waals surface area (Å²) in [5.41, 5.74) is -0.522. The molecule has 20 heavy (non-hydrogen) atoms. The fourth-order valence-electron chi connectivity index (χ4n) is 2.35. The van der Waals surface area contributed by atoms with E-state index in [1.807, 2.05) is 0 Å². The fraction of sp³-hybridized carbons (Fsp3) is 0.917. The van der Waals surface area contributed by atoms with Gasteiger partial charge in [-0.2, -0.15) is 0 Å². The predicted molar refractivity (Wildman–Crippen MR) is 73.2 cm³/mol. The third kappa shape index (κ3) is 3.83. The molecule has 0 saturated carbocycles. The van der Waals surface area contributed by atoms with Crippen LogP contribution in [0.1, 0.15) is 20.8 Å². The SMILES string of the molecule is CC(C)(C)OC(=O)N1CC(N[C@@H]2CS(=O)(=O)C[C@H]2O)C1. The van der Waals surface area contributed by atoms with E-state index in [0.717, 1.165) is 0 Å². The standard InChI is InChI=1S/C12H22N2O5S/c1-12(2,3)19-11(16)14-4-8(5-14)13-9-6-20(17,18)7-10(9)15/h8-10,13,15H,4-7H2,1-3H3/t9-,10-/m1/s1. The van der Waals surface area contributed by atoms with Gasteiger partial charge in [-0.05, 0) is 20.8 Å². The summed E-state index contributed by atoms with van der Waals surface area (Å²) in [6.07, 6.45) is -1.23. The highest BCUT2D eigenvalue weighted by Crippen LogP contribution is 2.18. The van der Waals surface area contributed by atoms with Gasteiger partial charge in [-0.25, -0.2) is 13.2 Å². The van der Waals surface area contributed by atoms with Gasteiger partial charge in [-0.3, -0.25) is 0 Å². The molecule has 0 aromatic rings. The Bertz CT molecular complexity index is 479. The van der Waals surface area contributed by atoms with Gasteiger partial charge in [0, 0.05) is 25.2 Å². The number of rotatable bonds is 2. The summed E-state index contributed by atoms with van der Waals surface area (Å²) in [7, 11) is -3.15. The molecule has 0 spiro atoms. The van der Waals surface area contributed by atoms with Crippen molar-refractivity contribution in [2.24, 2.45) is 0 Å². The first-order valence-electron chi connectivity index (χ1n) is 6.68. The van der Waals surface area contributed by atoms with Crippen molar-refractivity contribution in [3.8, 4) is 0 Å². The second kappa shape index (κ2) is 5.16. The number of carbonyl (C=O) groups is 1. The number of nitrogens with one attached hydrogen (secondary N) is 1. The molecule has 2 fully saturated rings. The summed E-state index contributed by atoms with van der Waals surface area (Å²) in [5.74, 6) is -0.232. The van der Waals surface area contributed by atoms with Crippen molar-refractivity contribution in [1.29, 1.82) is 0 Å². The lowest BCUT2D eigenvalue weighted by Crippen LogP contribution is -2.63. The highest BCUT2D eigenvalue weighted by atomic mass is 32.2. The zero-order valence-corrected chi connectivity index (χ0v) is 12.8. The topological polar surface area (TPSA) is 95.9 Å². The summed E-state index contributed by atoms with van der Waals surface area (Å²) in [5, 5.41) is 12.8. The summed E-state index contributed by atoms with van der Waals surface area (Å²) in [6.45, 7) is 6.36. The first kappa shape index (κ1) is 15.5. The maximum absolute atomic E-state index is 11.7. The van der Waals surface area contributed by atoms with E-state index in [2.05, 4.69) is 5.32 Å².